The Morgan fingerprint density at radius 3 is 2.61 bits per heavy atom. The van der Waals surface area contributed by atoms with E-state index in [0.29, 0.717) is 0 Å². The minimum absolute atomic E-state index is 0.160. The molecule has 94 valence electrons. The molecule has 3 N–H and O–H groups in total. The number of nitrogen functional groups attached to an aromatic ring is 1. The second-order valence-corrected chi connectivity index (χ2v) is 5.15. The van der Waals surface area contributed by atoms with E-state index in [-0.39, 0.29) is 11.4 Å². The molecule has 18 heavy (non-hydrogen) atoms. The Kier molecular flexibility index (Phi) is 3.15. The summed E-state index contributed by atoms with van der Waals surface area (Å²) in [4.78, 5) is 3.30. The molecule has 0 amide bonds. The molecule has 0 aliphatic rings. The van der Waals surface area contributed by atoms with Gasteiger partial charge in [0.1, 0.15) is 10.7 Å². The molecule has 0 bridgehead atoms. The molecule has 7 heteroatoms. The van der Waals surface area contributed by atoms with Gasteiger partial charge >= 0.3 is 0 Å². The standard InChI is InChI=1S/C11H10FN3O2S/c12-8-3-1-2-4-11(8)18(16,17)15-10-5-6-14-7-9(10)13/h1-7H,13H2,(H,14,15). The van der Waals surface area contributed by atoms with Crippen LogP contribution in [-0.4, -0.2) is 13.4 Å². The zero-order chi connectivity index (χ0) is 13.2. The maximum absolute atomic E-state index is 13.4. The number of anilines is 2. The van der Waals surface area contributed by atoms with Gasteiger partial charge in [-0.2, -0.15) is 0 Å². The number of sulfonamides is 1. The lowest BCUT2D eigenvalue weighted by molar-refractivity contribution is 0.570. The number of nitrogens with two attached hydrogens (primary N) is 1. The Balaban J connectivity index is 2.40. The molecule has 2 rings (SSSR count). The third-order valence-electron chi connectivity index (χ3n) is 2.22. The lowest BCUT2D eigenvalue weighted by Crippen LogP contribution is -2.15. The van der Waals surface area contributed by atoms with Crippen molar-refractivity contribution >= 4 is 21.4 Å². The Labute approximate surface area is 104 Å². The van der Waals surface area contributed by atoms with E-state index in [0.717, 1.165) is 6.07 Å². The molecule has 2 aromatic rings. The summed E-state index contributed by atoms with van der Waals surface area (Å²) in [6, 6.07) is 6.50. The Hall–Kier alpha value is -2.15. The van der Waals surface area contributed by atoms with Crippen LogP contribution in [-0.2, 0) is 10.0 Å². The average molecular weight is 267 g/mol. The maximum Gasteiger partial charge on any atom is 0.264 e. The van der Waals surface area contributed by atoms with Crippen molar-refractivity contribution in [3.05, 3.63) is 48.5 Å². The number of halogens is 1. The predicted octanol–water partition coefficient (Wildman–Crippen LogP) is 1.60. The van der Waals surface area contributed by atoms with Crippen LogP contribution in [0.25, 0.3) is 0 Å². The van der Waals surface area contributed by atoms with E-state index in [4.69, 9.17) is 5.73 Å². The van der Waals surface area contributed by atoms with Crippen molar-refractivity contribution in [3.8, 4) is 0 Å². The fourth-order valence-electron chi connectivity index (χ4n) is 1.36. The van der Waals surface area contributed by atoms with E-state index < -0.39 is 20.7 Å². The van der Waals surface area contributed by atoms with Crippen LogP contribution < -0.4 is 10.5 Å². The fraction of sp³-hybridized carbons (Fsp3) is 0. The lowest BCUT2D eigenvalue weighted by atomic mass is 10.3. The summed E-state index contributed by atoms with van der Waals surface area (Å²) in [5, 5.41) is 0. The number of nitrogens with one attached hydrogen (secondary N) is 1. The van der Waals surface area contributed by atoms with Crippen LogP contribution in [0.3, 0.4) is 0 Å². The van der Waals surface area contributed by atoms with Gasteiger partial charge in [-0.3, -0.25) is 9.71 Å². The summed E-state index contributed by atoms with van der Waals surface area (Å²) in [7, 11) is -4.00. The molecule has 0 aliphatic carbocycles. The minimum atomic E-state index is -4.00. The summed E-state index contributed by atoms with van der Waals surface area (Å²) >= 11 is 0. The number of nitrogens with zero attached hydrogens (tertiary/aromatic N) is 1. The van der Waals surface area contributed by atoms with Crippen LogP contribution in [0.2, 0.25) is 0 Å². The zero-order valence-corrected chi connectivity index (χ0v) is 9.99. The summed E-state index contributed by atoms with van der Waals surface area (Å²) < 4.78 is 39.5. The number of hydrogen-bond donors (Lipinski definition) is 2. The first-order valence-corrected chi connectivity index (χ1v) is 6.46. The highest BCUT2D eigenvalue weighted by atomic mass is 32.2. The molecule has 1 heterocycles. The number of hydrogen-bond acceptors (Lipinski definition) is 4. The largest absolute Gasteiger partial charge is 0.396 e. The highest BCUT2D eigenvalue weighted by molar-refractivity contribution is 7.92. The summed E-state index contributed by atoms with van der Waals surface area (Å²) in [5.74, 6) is -0.822. The van der Waals surface area contributed by atoms with Crippen LogP contribution in [0.5, 0.6) is 0 Å². The van der Waals surface area contributed by atoms with Crippen LogP contribution >= 0.6 is 0 Å². The number of pyridine rings is 1. The van der Waals surface area contributed by atoms with Crippen molar-refractivity contribution in [2.45, 2.75) is 4.90 Å². The van der Waals surface area contributed by atoms with Crippen LogP contribution in [0.1, 0.15) is 0 Å². The van der Waals surface area contributed by atoms with Gasteiger partial charge in [0.05, 0.1) is 17.6 Å². The Morgan fingerprint density at radius 2 is 1.94 bits per heavy atom. The zero-order valence-electron chi connectivity index (χ0n) is 9.17. The molecule has 0 fully saturated rings. The van der Waals surface area contributed by atoms with Crippen LogP contribution in [0, 0.1) is 5.82 Å². The summed E-state index contributed by atoms with van der Waals surface area (Å²) in [6.07, 6.45) is 2.69. The topological polar surface area (TPSA) is 85.1 Å². The van der Waals surface area contributed by atoms with E-state index in [1.54, 1.807) is 0 Å². The highest BCUT2D eigenvalue weighted by Crippen LogP contribution is 2.21. The van der Waals surface area contributed by atoms with E-state index in [1.807, 2.05) is 0 Å². The summed E-state index contributed by atoms with van der Waals surface area (Å²) in [6.45, 7) is 0. The first-order valence-electron chi connectivity index (χ1n) is 4.97. The van der Waals surface area contributed by atoms with Gasteiger partial charge in [0.25, 0.3) is 10.0 Å². The van der Waals surface area contributed by atoms with Crippen molar-refractivity contribution < 1.29 is 12.8 Å². The smallest absolute Gasteiger partial charge is 0.264 e. The second kappa shape index (κ2) is 4.61. The maximum atomic E-state index is 13.4. The van der Waals surface area contributed by atoms with Gasteiger partial charge in [0.15, 0.2) is 0 Å². The Bertz CT molecular complexity index is 673. The highest BCUT2D eigenvalue weighted by Gasteiger charge is 2.19. The average Bonchev–Trinajstić information content (AvgIpc) is 2.32. The lowest BCUT2D eigenvalue weighted by Gasteiger charge is -2.10. The van der Waals surface area contributed by atoms with Crippen molar-refractivity contribution in [2.24, 2.45) is 0 Å². The van der Waals surface area contributed by atoms with Crippen molar-refractivity contribution in [3.63, 3.8) is 0 Å². The van der Waals surface area contributed by atoms with Gasteiger partial charge in [-0.15, -0.1) is 0 Å². The molecule has 5 nitrogen and oxygen atoms in total. The van der Waals surface area contributed by atoms with Gasteiger partial charge in [-0.25, -0.2) is 12.8 Å². The second-order valence-electron chi connectivity index (χ2n) is 3.50. The van der Waals surface area contributed by atoms with Crippen LogP contribution in [0.4, 0.5) is 15.8 Å². The molecular weight excluding hydrogens is 257 g/mol. The number of rotatable bonds is 3. The number of aromatic nitrogens is 1. The molecule has 0 saturated carbocycles. The van der Waals surface area contributed by atoms with Gasteiger partial charge in [0.2, 0.25) is 0 Å². The van der Waals surface area contributed by atoms with E-state index in [2.05, 4.69) is 9.71 Å². The molecule has 0 unspecified atom stereocenters. The van der Waals surface area contributed by atoms with Crippen molar-refractivity contribution in [2.75, 3.05) is 10.5 Å². The molecule has 0 spiro atoms. The molecule has 1 aromatic heterocycles. The van der Waals surface area contributed by atoms with Gasteiger partial charge in [0, 0.05) is 6.20 Å². The quantitative estimate of drug-likeness (QED) is 0.884. The van der Waals surface area contributed by atoms with Crippen LogP contribution in [0.15, 0.2) is 47.6 Å². The van der Waals surface area contributed by atoms with Gasteiger partial charge in [-0.1, -0.05) is 12.1 Å². The third-order valence-corrected chi connectivity index (χ3v) is 3.62. The van der Waals surface area contributed by atoms with Gasteiger partial charge in [-0.05, 0) is 18.2 Å². The van der Waals surface area contributed by atoms with E-state index >= 15 is 0 Å². The van der Waals surface area contributed by atoms with E-state index in [9.17, 15) is 12.8 Å². The molecule has 1 aromatic carbocycles. The SMILES string of the molecule is Nc1cnccc1NS(=O)(=O)c1ccccc1F. The van der Waals surface area contributed by atoms with Gasteiger partial charge < -0.3 is 5.73 Å². The van der Waals surface area contributed by atoms with E-state index in [1.165, 1.54) is 36.7 Å². The normalized spacial score (nSPS) is 11.2. The molecule has 0 radical (unpaired) electrons. The fourth-order valence-corrected chi connectivity index (χ4v) is 2.53. The Morgan fingerprint density at radius 1 is 1.22 bits per heavy atom. The number of benzene rings is 1. The third kappa shape index (κ3) is 2.40. The monoisotopic (exact) mass is 267 g/mol. The molecule has 0 aliphatic heterocycles. The minimum Gasteiger partial charge on any atom is -0.396 e. The predicted molar refractivity (Wildman–Crippen MR) is 65.9 cm³/mol. The molecular formula is C11H10FN3O2S. The first kappa shape index (κ1) is 12.3. The molecule has 0 saturated heterocycles. The summed E-state index contributed by atoms with van der Waals surface area (Å²) in [5.41, 5.74) is 5.89. The first-order chi connectivity index (χ1) is 8.50. The van der Waals surface area contributed by atoms with Crippen molar-refractivity contribution in [1.82, 2.24) is 4.98 Å². The van der Waals surface area contributed by atoms with Crippen molar-refractivity contribution in [1.29, 1.82) is 0 Å². The molecule has 0 atom stereocenters.